The number of aryl methyl sites for hydroxylation is 2. The standard InChI is InChI=1S/C15H16N4OS/c1-10-11(2)21-15(17-10)8-14(20)13-9-16-19(18-13)12-6-4-3-5-7-12/h3-7,9,14,20H,8H2,1-2H3. The first-order valence-electron chi connectivity index (χ1n) is 6.72. The molecule has 0 saturated heterocycles. The second-order valence-electron chi connectivity index (χ2n) is 4.86. The molecule has 3 aromatic rings. The molecule has 6 heteroatoms. The number of thiazole rings is 1. The number of aliphatic hydroxyl groups is 1. The Morgan fingerprint density at radius 2 is 2.00 bits per heavy atom. The number of hydrogen-bond donors (Lipinski definition) is 1. The molecule has 2 aromatic heterocycles. The lowest BCUT2D eigenvalue weighted by Crippen LogP contribution is -2.04. The molecule has 0 aliphatic carbocycles. The highest BCUT2D eigenvalue weighted by molar-refractivity contribution is 7.11. The van der Waals surface area contributed by atoms with E-state index in [0.717, 1.165) is 16.4 Å². The number of para-hydroxylation sites is 1. The molecule has 0 spiro atoms. The highest BCUT2D eigenvalue weighted by atomic mass is 32.1. The number of rotatable bonds is 4. The smallest absolute Gasteiger partial charge is 0.112 e. The number of nitrogens with zero attached hydrogens (tertiary/aromatic N) is 4. The molecule has 2 heterocycles. The molecule has 0 amide bonds. The fourth-order valence-electron chi connectivity index (χ4n) is 2.01. The zero-order valence-corrected chi connectivity index (χ0v) is 12.7. The highest BCUT2D eigenvalue weighted by Crippen LogP contribution is 2.22. The third-order valence-electron chi connectivity index (χ3n) is 3.28. The van der Waals surface area contributed by atoms with Gasteiger partial charge in [-0.05, 0) is 26.0 Å². The number of aliphatic hydroxyl groups excluding tert-OH is 1. The molecule has 3 rings (SSSR count). The molecule has 1 atom stereocenters. The van der Waals surface area contributed by atoms with Crippen LogP contribution in [0.25, 0.3) is 5.69 Å². The average molecular weight is 300 g/mol. The maximum absolute atomic E-state index is 10.3. The molecule has 0 aliphatic rings. The molecular formula is C15H16N4OS. The molecule has 1 N–H and O–H groups in total. The van der Waals surface area contributed by atoms with Crippen LogP contribution in [0, 0.1) is 13.8 Å². The normalized spacial score (nSPS) is 12.5. The summed E-state index contributed by atoms with van der Waals surface area (Å²) in [5, 5.41) is 19.7. The van der Waals surface area contributed by atoms with E-state index in [9.17, 15) is 5.11 Å². The molecule has 5 nitrogen and oxygen atoms in total. The predicted octanol–water partition coefficient (Wildman–Crippen LogP) is 2.62. The fraction of sp³-hybridized carbons (Fsp3) is 0.267. The number of benzene rings is 1. The summed E-state index contributed by atoms with van der Waals surface area (Å²) in [6, 6.07) is 9.63. The predicted molar refractivity (Wildman–Crippen MR) is 81.6 cm³/mol. The highest BCUT2D eigenvalue weighted by Gasteiger charge is 2.16. The number of hydrogen-bond acceptors (Lipinski definition) is 5. The summed E-state index contributed by atoms with van der Waals surface area (Å²) >= 11 is 1.61. The van der Waals surface area contributed by atoms with E-state index in [1.54, 1.807) is 17.5 Å². The van der Waals surface area contributed by atoms with E-state index in [1.165, 1.54) is 9.67 Å². The lowest BCUT2D eigenvalue weighted by Gasteiger charge is -2.04. The topological polar surface area (TPSA) is 63.8 Å². The van der Waals surface area contributed by atoms with Gasteiger partial charge in [0.05, 0.1) is 22.6 Å². The summed E-state index contributed by atoms with van der Waals surface area (Å²) in [6.45, 7) is 4.02. The zero-order valence-electron chi connectivity index (χ0n) is 11.9. The first-order valence-corrected chi connectivity index (χ1v) is 7.54. The zero-order chi connectivity index (χ0) is 14.8. The van der Waals surface area contributed by atoms with E-state index in [1.807, 2.05) is 44.2 Å². The lowest BCUT2D eigenvalue weighted by molar-refractivity contribution is 0.173. The van der Waals surface area contributed by atoms with Gasteiger partial charge in [-0.25, -0.2) is 4.98 Å². The molecule has 0 fully saturated rings. The van der Waals surface area contributed by atoms with Crippen molar-refractivity contribution < 1.29 is 5.11 Å². The molecule has 0 radical (unpaired) electrons. The first-order chi connectivity index (χ1) is 10.1. The minimum atomic E-state index is -0.688. The minimum Gasteiger partial charge on any atom is -0.386 e. The van der Waals surface area contributed by atoms with Crippen molar-refractivity contribution in [2.45, 2.75) is 26.4 Å². The Balaban J connectivity index is 1.76. The van der Waals surface area contributed by atoms with E-state index in [2.05, 4.69) is 15.2 Å². The summed E-state index contributed by atoms with van der Waals surface area (Å²) in [5.41, 5.74) is 2.45. The van der Waals surface area contributed by atoms with Crippen LogP contribution in [0.5, 0.6) is 0 Å². The number of aromatic nitrogens is 4. The monoisotopic (exact) mass is 300 g/mol. The molecule has 0 saturated carbocycles. The Labute approximate surface area is 126 Å². The van der Waals surface area contributed by atoms with Crippen molar-refractivity contribution in [3.8, 4) is 5.69 Å². The van der Waals surface area contributed by atoms with Crippen molar-refractivity contribution >= 4 is 11.3 Å². The Morgan fingerprint density at radius 3 is 2.67 bits per heavy atom. The minimum absolute atomic E-state index is 0.465. The Morgan fingerprint density at radius 1 is 1.24 bits per heavy atom. The van der Waals surface area contributed by atoms with Crippen LogP contribution in [-0.2, 0) is 6.42 Å². The van der Waals surface area contributed by atoms with Crippen LogP contribution >= 0.6 is 11.3 Å². The molecule has 1 unspecified atom stereocenters. The van der Waals surface area contributed by atoms with Crippen molar-refractivity contribution in [3.63, 3.8) is 0 Å². The van der Waals surface area contributed by atoms with Crippen molar-refractivity contribution in [2.24, 2.45) is 0 Å². The van der Waals surface area contributed by atoms with Crippen LogP contribution in [-0.4, -0.2) is 25.1 Å². The van der Waals surface area contributed by atoms with E-state index in [0.29, 0.717) is 12.1 Å². The van der Waals surface area contributed by atoms with Crippen LogP contribution < -0.4 is 0 Å². The summed E-state index contributed by atoms with van der Waals surface area (Å²) in [5.74, 6) is 0. The van der Waals surface area contributed by atoms with E-state index in [-0.39, 0.29) is 0 Å². The largest absolute Gasteiger partial charge is 0.386 e. The van der Waals surface area contributed by atoms with Gasteiger partial charge in [0, 0.05) is 11.3 Å². The summed E-state index contributed by atoms with van der Waals surface area (Å²) in [7, 11) is 0. The molecular weight excluding hydrogens is 284 g/mol. The van der Waals surface area contributed by atoms with Gasteiger partial charge in [-0.3, -0.25) is 0 Å². The molecule has 21 heavy (non-hydrogen) atoms. The Hall–Kier alpha value is -2.05. The maximum Gasteiger partial charge on any atom is 0.112 e. The second-order valence-corrected chi connectivity index (χ2v) is 6.15. The third-order valence-corrected chi connectivity index (χ3v) is 4.37. The van der Waals surface area contributed by atoms with E-state index in [4.69, 9.17) is 0 Å². The first kappa shape index (κ1) is 13.9. The van der Waals surface area contributed by atoms with Gasteiger partial charge in [0.15, 0.2) is 0 Å². The van der Waals surface area contributed by atoms with Crippen molar-refractivity contribution in [3.05, 3.63) is 57.8 Å². The van der Waals surface area contributed by atoms with E-state index >= 15 is 0 Å². The Kier molecular flexibility index (Phi) is 3.81. The SMILES string of the molecule is Cc1nc(CC(O)c2cnn(-c3ccccc3)n2)sc1C. The molecule has 1 aromatic carbocycles. The van der Waals surface area contributed by atoms with Gasteiger partial charge >= 0.3 is 0 Å². The Bertz CT molecular complexity index is 716. The van der Waals surface area contributed by atoms with Gasteiger partial charge in [-0.1, -0.05) is 18.2 Å². The van der Waals surface area contributed by atoms with Gasteiger partial charge in [-0.15, -0.1) is 11.3 Å². The van der Waals surface area contributed by atoms with Crippen LogP contribution in [0.1, 0.15) is 27.4 Å². The van der Waals surface area contributed by atoms with Gasteiger partial charge < -0.3 is 5.11 Å². The van der Waals surface area contributed by atoms with Crippen LogP contribution in [0.3, 0.4) is 0 Å². The van der Waals surface area contributed by atoms with Gasteiger partial charge in [0.2, 0.25) is 0 Å². The van der Waals surface area contributed by atoms with Gasteiger partial charge in [0.25, 0.3) is 0 Å². The summed E-state index contributed by atoms with van der Waals surface area (Å²) < 4.78 is 0. The van der Waals surface area contributed by atoms with Crippen molar-refractivity contribution in [1.82, 2.24) is 20.0 Å². The third kappa shape index (κ3) is 3.01. The fourth-order valence-corrected chi connectivity index (χ4v) is 2.98. The molecule has 0 bridgehead atoms. The summed E-state index contributed by atoms with van der Waals surface area (Å²) in [6.07, 6.45) is 1.38. The quantitative estimate of drug-likeness (QED) is 0.804. The van der Waals surface area contributed by atoms with Crippen LogP contribution in [0.4, 0.5) is 0 Å². The molecule has 0 aliphatic heterocycles. The second kappa shape index (κ2) is 5.75. The molecule has 108 valence electrons. The van der Waals surface area contributed by atoms with Gasteiger partial charge in [-0.2, -0.15) is 15.0 Å². The van der Waals surface area contributed by atoms with Crippen LogP contribution in [0.15, 0.2) is 36.5 Å². The average Bonchev–Trinajstić information content (AvgIpc) is 3.08. The van der Waals surface area contributed by atoms with Crippen molar-refractivity contribution in [2.75, 3.05) is 0 Å². The van der Waals surface area contributed by atoms with Crippen LogP contribution in [0.2, 0.25) is 0 Å². The maximum atomic E-state index is 10.3. The van der Waals surface area contributed by atoms with E-state index < -0.39 is 6.10 Å². The summed E-state index contributed by atoms with van der Waals surface area (Å²) in [4.78, 5) is 7.15. The van der Waals surface area contributed by atoms with Gasteiger partial charge in [0.1, 0.15) is 11.8 Å². The lowest BCUT2D eigenvalue weighted by atomic mass is 10.2. The van der Waals surface area contributed by atoms with Crippen molar-refractivity contribution in [1.29, 1.82) is 0 Å².